The minimum absolute atomic E-state index is 0.308. The Kier molecular flexibility index (Phi) is 3.07. The zero-order chi connectivity index (χ0) is 12.5. The van der Waals surface area contributed by atoms with Crippen molar-refractivity contribution >= 4 is 5.97 Å². The molecular formula is C13H16O4. The van der Waals surface area contributed by atoms with E-state index in [4.69, 9.17) is 14.2 Å². The Morgan fingerprint density at radius 1 is 1.53 bits per heavy atom. The molecule has 92 valence electrons. The van der Waals surface area contributed by atoms with Gasteiger partial charge in [0.2, 0.25) is 0 Å². The topological polar surface area (TPSA) is 48.1 Å². The molecule has 0 spiro atoms. The lowest BCUT2D eigenvalue weighted by molar-refractivity contribution is -0.144. The zero-order valence-corrected chi connectivity index (χ0v) is 10.2. The standard InChI is InChI=1S/C13H16O4/c1-4-16-12(14)11-13(2,17-11)9-6-5-7-10(8-9)15-3/h5-8,11H,4H2,1-3H3. The van der Waals surface area contributed by atoms with Gasteiger partial charge in [-0.05, 0) is 31.5 Å². The summed E-state index contributed by atoms with van der Waals surface area (Å²) in [6.07, 6.45) is -0.505. The van der Waals surface area contributed by atoms with E-state index in [2.05, 4.69) is 0 Å². The Hall–Kier alpha value is -1.55. The molecule has 4 heteroatoms. The Balaban J connectivity index is 2.15. The number of methoxy groups -OCH3 is 1. The van der Waals surface area contributed by atoms with Crippen molar-refractivity contribution in [3.8, 4) is 5.75 Å². The summed E-state index contributed by atoms with van der Waals surface area (Å²) in [5, 5.41) is 0. The fourth-order valence-corrected chi connectivity index (χ4v) is 1.85. The number of hydrogen-bond acceptors (Lipinski definition) is 4. The third-order valence-electron chi connectivity index (χ3n) is 2.95. The summed E-state index contributed by atoms with van der Waals surface area (Å²) in [4.78, 5) is 11.6. The van der Waals surface area contributed by atoms with Gasteiger partial charge in [0.15, 0.2) is 6.10 Å². The highest BCUT2D eigenvalue weighted by Gasteiger charge is 2.59. The van der Waals surface area contributed by atoms with Crippen molar-refractivity contribution < 1.29 is 19.0 Å². The monoisotopic (exact) mass is 236 g/mol. The van der Waals surface area contributed by atoms with Crippen molar-refractivity contribution in [3.05, 3.63) is 29.8 Å². The van der Waals surface area contributed by atoms with E-state index < -0.39 is 11.7 Å². The summed E-state index contributed by atoms with van der Waals surface area (Å²) in [7, 11) is 1.61. The number of carbonyl (C=O) groups excluding carboxylic acids is 1. The number of benzene rings is 1. The molecule has 0 amide bonds. The van der Waals surface area contributed by atoms with Gasteiger partial charge in [-0.3, -0.25) is 0 Å². The Morgan fingerprint density at radius 2 is 2.29 bits per heavy atom. The maximum Gasteiger partial charge on any atom is 0.338 e. The highest BCUT2D eigenvalue weighted by atomic mass is 16.7. The first-order valence-electron chi connectivity index (χ1n) is 5.60. The summed E-state index contributed by atoms with van der Waals surface area (Å²) in [6.45, 7) is 4.03. The molecule has 1 saturated heterocycles. The van der Waals surface area contributed by atoms with Gasteiger partial charge in [0.1, 0.15) is 11.4 Å². The summed E-state index contributed by atoms with van der Waals surface area (Å²) in [6, 6.07) is 7.53. The van der Waals surface area contributed by atoms with E-state index in [1.807, 2.05) is 31.2 Å². The van der Waals surface area contributed by atoms with E-state index in [0.717, 1.165) is 11.3 Å². The van der Waals surface area contributed by atoms with Crippen molar-refractivity contribution in [3.63, 3.8) is 0 Å². The van der Waals surface area contributed by atoms with Crippen LogP contribution in [0, 0.1) is 0 Å². The van der Waals surface area contributed by atoms with Gasteiger partial charge in [0.25, 0.3) is 0 Å². The number of hydrogen-bond donors (Lipinski definition) is 0. The molecule has 2 atom stereocenters. The molecule has 0 N–H and O–H groups in total. The molecular weight excluding hydrogens is 220 g/mol. The Bertz CT molecular complexity index is 429. The molecule has 2 unspecified atom stereocenters. The van der Waals surface area contributed by atoms with Gasteiger partial charge in [0.05, 0.1) is 13.7 Å². The summed E-state index contributed by atoms with van der Waals surface area (Å²) in [5.41, 5.74) is 0.343. The smallest absolute Gasteiger partial charge is 0.338 e. The molecule has 0 aliphatic carbocycles. The minimum atomic E-state index is -0.583. The summed E-state index contributed by atoms with van der Waals surface area (Å²) >= 11 is 0. The van der Waals surface area contributed by atoms with Crippen molar-refractivity contribution in [2.24, 2.45) is 0 Å². The zero-order valence-electron chi connectivity index (χ0n) is 10.2. The molecule has 0 aromatic heterocycles. The Morgan fingerprint density at radius 3 is 2.94 bits per heavy atom. The van der Waals surface area contributed by atoms with Crippen LogP contribution in [0.2, 0.25) is 0 Å². The molecule has 2 rings (SSSR count). The summed E-state index contributed by atoms with van der Waals surface area (Å²) < 4.78 is 15.6. The van der Waals surface area contributed by atoms with Crippen LogP contribution in [-0.2, 0) is 19.9 Å². The van der Waals surface area contributed by atoms with Gasteiger partial charge in [-0.1, -0.05) is 12.1 Å². The predicted octanol–water partition coefficient (Wildman–Crippen LogP) is 1.87. The third kappa shape index (κ3) is 2.13. The fourth-order valence-electron chi connectivity index (χ4n) is 1.85. The second kappa shape index (κ2) is 4.37. The van der Waals surface area contributed by atoms with Gasteiger partial charge in [-0.15, -0.1) is 0 Å². The fraction of sp³-hybridized carbons (Fsp3) is 0.462. The predicted molar refractivity (Wildman–Crippen MR) is 61.9 cm³/mol. The maximum atomic E-state index is 11.6. The SMILES string of the molecule is CCOC(=O)C1OC1(C)c1cccc(OC)c1. The molecule has 0 saturated carbocycles. The highest BCUT2D eigenvalue weighted by Crippen LogP contribution is 2.47. The van der Waals surface area contributed by atoms with E-state index in [-0.39, 0.29) is 5.97 Å². The number of epoxide rings is 1. The quantitative estimate of drug-likeness (QED) is 0.591. The molecule has 4 nitrogen and oxygen atoms in total. The van der Waals surface area contributed by atoms with Crippen LogP contribution in [0.4, 0.5) is 0 Å². The lowest BCUT2D eigenvalue weighted by Crippen LogP contribution is -2.18. The molecule has 0 bridgehead atoms. The first-order chi connectivity index (χ1) is 8.11. The van der Waals surface area contributed by atoms with Gasteiger partial charge in [0, 0.05) is 0 Å². The van der Waals surface area contributed by atoms with Crippen LogP contribution >= 0.6 is 0 Å². The molecule has 1 aliphatic heterocycles. The maximum absolute atomic E-state index is 11.6. The van der Waals surface area contributed by atoms with Gasteiger partial charge < -0.3 is 14.2 Å². The van der Waals surface area contributed by atoms with Gasteiger partial charge in [-0.2, -0.15) is 0 Å². The molecule has 17 heavy (non-hydrogen) atoms. The minimum Gasteiger partial charge on any atom is -0.497 e. The molecule has 1 fully saturated rings. The molecule has 0 radical (unpaired) electrons. The van der Waals surface area contributed by atoms with Crippen LogP contribution in [-0.4, -0.2) is 25.8 Å². The number of carbonyl (C=O) groups is 1. The molecule has 1 aromatic rings. The van der Waals surface area contributed by atoms with Crippen LogP contribution in [0.1, 0.15) is 19.4 Å². The second-order valence-electron chi connectivity index (χ2n) is 4.09. The van der Waals surface area contributed by atoms with Crippen LogP contribution in [0.5, 0.6) is 5.75 Å². The molecule has 1 aliphatic rings. The summed E-state index contributed by atoms with van der Waals surface area (Å²) in [5.74, 6) is 0.444. The van der Waals surface area contributed by atoms with Gasteiger partial charge in [-0.25, -0.2) is 4.79 Å². The molecule has 1 heterocycles. The van der Waals surface area contributed by atoms with E-state index in [9.17, 15) is 4.79 Å². The Labute approximate surface area is 100 Å². The van der Waals surface area contributed by atoms with E-state index in [1.54, 1.807) is 14.0 Å². The average molecular weight is 236 g/mol. The highest BCUT2D eigenvalue weighted by molar-refractivity contribution is 5.79. The molecule has 1 aromatic carbocycles. The van der Waals surface area contributed by atoms with Crippen LogP contribution in [0.15, 0.2) is 24.3 Å². The van der Waals surface area contributed by atoms with Crippen LogP contribution in [0.25, 0.3) is 0 Å². The number of esters is 1. The van der Waals surface area contributed by atoms with Gasteiger partial charge >= 0.3 is 5.97 Å². The third-order valence-corrected chi connectivity index (χ3v) is 2.95. The van der Waals surface area contributed by atoms with Crippen molar-refractivity contribution in [1.82, 2.24) is 0 Å². The average Bonchev–Trinajstić information content (AvgIpc) is 3.04. The number of ether oxygens (including phenoxy) is 3. The van der Waals surface area contributed by atoms with Crippen molar-refractivity contribution in [1.29, 1.82) is 0 Å². The first-order valence-corrected chi connectivity index (χ1v) is 5.60. The van der Waals surface area contributed by atoms with Crippen LogP contribution < -0.4 is 4.74 Å². The number of rotatable bonds is 4. The largest absolute Gasteiger partial charge is 0.497 e. The lowest BCUT2D eigenvalue weighted by Gasteiger charge is -2.08. The second-order valence-corrected chi connectivity index (χ2v) is 4.09. The van der Waals surface area contributed by atoms with E-state index in [0.29, 0.717) is 6.61 Å². The normalized spacial score (nSPS) is 26.4. The lowest BCUT2D eigenvalue weighted by atomic mass is 9.97. The van der Waals surface area contributed by atoms with Crippen molar-refractivity contribution in [2.45, 2.75) is 25.6 Å². The first kappa shape index (κ1) is 11.9. The van der Waals surface area contributed by atoms with Crippen molar-refractivity contribution in [2.75, 3.05) is 13.7 Å². The van der Waals surface area contributed by atoms with Crippen LogP contribution in [0.3, 0.4) is 0 Å². The van der Waals surface area contributed by atoms with E-state index in [1.165, 1.54) is 0 Å². The van der Waals surface area contributed by atoms with E-state index >= 15 is 0 Å².